The van der Waals surface area contributed by atoms with Gasteiger partial charge in [0.25, 0.3) is 5.69 Å². The highest BCUT2D eigenvalue weighted by molar-refractivity contribution is 6.30. The molecule has 0 saturated heterocycles. The monoisotopic (exact) mass is 257 g/mol. The van der Waals surface area contributed by atoms with Crippen LogP contribution in [-0.2, 0) is 11.2 Å². The molecular formula is C11H12ClNO4. The van der Waals surface area contributed by atoms with Gasteiger partial charge >= 0.3 is 0 Å². The Morgan fingerprint density at radius 3 is 2.76 bits per heavy atom. The molecule has 0 aliphatic heterocycles. The van der Waals surface area contributed by atoms with Crippen molar-refractivity contribution in [3.05, 3.63) is 38.9 Å². The minimum atomic E-state index is -1.22. The second kappa shape index (κ2) is 5.75. The Balaban J connectivity index is 3.00. The summed E-state index contributed by atoms with van der Waals surface area (Å²) >= 11 is 5.73. The van der Waals surface area contributed by atoms with E-state index in [9.17, 15) is 20.0 Å². The van der Waals surface area contributed by atoms with E-state index in [1.54, 1.807) is 6.92 Å². The van der Waals surface area contributed by atoms with Gasteiger partial charge in [-0.15, -0.1) is 0 Å². The molecule has 1 aromatic carbocycles. The average molecular weight is 258 g/mol. The number of nitro groups is 1. The van der Waals surface area contributed by atoms with Gasteiger partial charge in [0.1, 0.15) is 6.10 Å². The molecule has 1 rings (SSSR count). The molecule has 0 aliphatic carbocycles. The smallest absolute Gasteiger partial charge is 0.272 e. The molecule has 92 valence electrons. The number of halogens is 1. The number of aliphatic hydroxyl groups excluding tert-OH is 1. The fraction of sp³-hybridized carbons (Fsp3) is 0.364. The molecule has 1 atom stereocenters. The molecule has 0 spiro atoms. The molecular weight excluding hydrogens is 246 g/mol. The highest BCUT2D eigenvalue weighted by Crippen LogP contribution is 2.24. The minimum absolute atomic E-state index is 0.0937. The number of aliphatic hydroxyl groups is 1. The van der Waals surface area contributed by atoms with Gasteiger partial charge in [-0.2, -0.15) is 0 Å². The minimum Gasteiger partial charge on any atom is -0.385 e. The van der Waals surface area contributed by atoms with Gasteiger partial charge in [0.2, 0.25) is 0 Å². The van der Waals surface area contributed by atoms with Crippen molar-refractivity contribution in [2.75, 3.05) is 0 Å². The maximum atomic E-state index is 11.2. The van der Waals surface area contributed by atoms with Crippen molar-refractivity contribution in [1.82, 2.24) is 0 Å². The largest absolute Gasteiger partial charge is 0.385 e. The topological polar surface area (TPSA) is 80.4 Å². The summed E-state index contributed by atoms with van der Waals surface area (Å²) in [6.45, 7) is 1.62. The number of ketones is 1. The van der Waals surface area contributed by atoms with E-state index in [1.807, 2.05) is 0 Å². The molecule has 6 heteroatoms. The van der Waals surface area contributed by atoms with Crippen molar-refractivity contribution in [3.8, 4) is 0 Å². The van der Waals surface area contributed by atoms with Crippen LogP contribution >= 0.6 is 11.6 Å². The second-order valence-electron chi connectivity index (χ2n) is 3.57. The predicted molar refractivity (Wildman–Crippen MR) is 63.1 cm³/mol. The Morgan fingerprint density at radius 2 is 2.24 bits per heavy atom. The van der Waals surface area contributed by atoms with Crippen molar-refractivity contribution in [3.63, 3.8) is 0 Å². The molecule has 0 aromatic heterocycles. The number of hydrogen-bond acceptors (Lipinski definition) is 4. The maximum absolute atomic E-state index is 11.2. The quantitative estimate of drug-likeness (QED) is 0.647. The fourth-order valence-corrected chi connectivity index (χ4v) is 1.65. The third-order valence-corrected chi connectivity index (χ3v) is 2.61. The molecule has 0 heterocycles. The predicted octanol–water partition coefficient (Wildman–Crippen LogP) is 2.13. The molecule has 0 saturated carbocycles. The Morgan fingerprint density at radius 1 is 1.59 bits per heavy atom. The molecule has 0 bridgehead atoms. The summed E-state index contributed by atoms with van der Waals surface area (Å²) < 4.78 is 0. The summed E-state index contributed by atoms with van der Waals surface area (Å²) in [7, 11) is 0. The number of hydrogen-bond donors (Lipinski definition) is 1. The zero-order valence-corrected chi connectivity index (χ0v) is 9.98. The molecule has 0 radical (unpaired) electrons. The van der Waals surface area contributed by atoms with Crippen LogP contribution in [0.2, 0.25) is 5.02 Å². The van der Waals surface area contributed by atoms with Crippen molar-refractivity contribution in [1.29, 1.82) is 0 Å². The second-order valence-corrected chi connectivity index (χ2v) is 4.01. The Kier molecular flexibility index (Phi) is 4.60. The number of nitrogens with zero attached hydrogens (tertiary/aromatic N) is 1. The van der Waals surface area contributed by atoms with Crippen LogP contribution < -0.4 is 0 Å². The lowest BCUT2D eigenvalue weighted by Gasteiger charge is -2.08. The van der Waals surface area contributed by atoms with Crippen LogP contribution in [0, 0.1) is 10.1 Å². The molecule has 0 amide bonds. The molecule has 0 fully saturated rings. The van der Waals surface area contributed by atoms with Crippen molar-refractivity contribution >= 4 is 23.1 Å². The lowest BCUT2D eigenvalue weighted by atomic mass is 10.0. The van der Waals surface area contributed by atoms with Crippen LogP contribution in [0.25, 0.3) is 0 Å². The number of nitro benzene ring substituents is 1. The molecule has 1 N–H and O–H groups in total. The number of rotatable bonds is 5. The highest BCUT2D eigenvalue weighted by atomic mass is 35.5. The van der Waals surface area contributed by atoms with E-state index >= 15 is 0 Å². The van der Waals surface area contributed by atoms with E-state index in [-0.39, 0.29) is 29.9 Å². The fourth-order valence-electron chi connectivity index (χ4n) is 1.45. The van der Waals surface area contributed by atoms with E-state index in [4.69, 9.17) is 11.6 Å². The number of carbonyl (C=O) groups is 1. The van der Waals surface area contributed by atoms with Gasteiger partial charge in [-0.05, 0) is 12.1 Å². The Labute approximate surface area is 103 Å². The molecule has 5 nitrogen and oxygen atoms in total. The lowest BCUT2D eigenvalue weighted by molar-refractivity contribution is -0.385. The van der Waals surface area contributed by atoms with Crippen molar-refractivity contribution in [2.24, 2.45) is 0 Å². The normalized spacial score (nSPS) is 12.2. The first-order valence-electron chi connectivity index (χ1n) is 5.09. The van der Waals surface area contributed by atoms with Crippen molar-refractivity contribution in [2.45, 2.75) is 25.9 Å². The summed E-state index contributed by atoms with van der Waals surface area (Å²) in [5.74, 6) is -0.348. The molecule has 1 unspecified atom stereocenters. The summed E-state index contributed by atoms with van der Waals surface area (Å²) in [4.78, 5) is 21.4. The SMILES string of the molecule is CCC(=O)C(O)Cc1cc(Cl)ccc1[N+](=O)[O-]. The van der Waals surface area contributed by atoms with Gasteiger partial charge in [-0.1, -0.05) is 18.5 Å². The van der Waals surface area contributed by atoms with Gasteiger partial charge in [-0.25, -0.2) is 0 Å². The third kappa shape index (κ3) is 3.51. The lowest BCUT2D eigenvalue weighted by Crippen LogP contribution is -2.22. The van der Waals surface area contributed by atoms with E-state index in [0.29, 0.717) is 5.02 Å². The summed E-state index contributed by atoms with van der Waals surface area (Å²) in [5, 5.41) is 20.6. The van der Waals surface area contributed by atoms with E-state index in [0.717, 1.165) is 0 Å². The average Bonchev–Trinajstić information content (AvgIpc) is 2.27. The van der Waals surface area contributed by atoms with Gasteiger partial charge < -0.3 is 5.11 Å². The summed E-state index contributed by atoms with van der Waals surface area (Å²) in [6, 6.07) is 4.06. The van der Waals surface area contributed by atoms with E-state index in [1.165, 1.54) is 18.2 Å². The van der Waals surface area contributed by atoms with Gasteiger partial charge in [-0.3, -0.25) is 14.9 Å². The first kappa shape index (κ1) is 13.6. The molecule has 0 aliphatic rings. The Hall–Kier alpha value is -1.46. The van der Waals surface area contributed by atoms with Crippen LogP contribution in [0.5, 0.6) is 0 Å². The maximum Gasteiger partial charge on any atom is 0.272 e. The summed E-state index contributed by atoms with van der Waals surface area (Å²) in [6.07, 6.45) is -1.13. The Bertz CT molecular complexity index is 447. The van der Waals surface area contributed by atoms with Gasteiger partial charge in [0.05, 0.1) is 4.92 Å². The molecule has 1 aromatic rings. The third-order valence-electron chi connectivity index (χ3n) is 2.37. The molecule has 17 heavy (non-hydrogen) atoms. The first-order chi connectivity index (χ1) is 7.95. The zero-order chi connectivity index (χ0) is 13.0. The number of benzene rings is 1. The van der Waals surface area contributed by atoms with Gasteiger partial charge in [0, 0.05) is 29.5 Å². The highest BCUT2D eigenvalue weighted by Gasteiger charge is 2.20. The van der Waals surface area contributed by atoms with E-state index in [2.05, 4.69) is 0 Å². The zero-order valence-electron chi connectivity index (χ0n) is 9.22. The summed E-state index contributed by atoms with van der Waals surface area (Å²) in [5.41, 5.74) is 0.120. The van der Waals surface area contributed by atoms with Gasteiger partial charge in [0.15, 0.2) is 5.78 Å². The number of carbonyl (C=O) groups excluding carboxylic acids is 1. The number of Topliss-reactive ketones (excluding diaryl/α,β-unsaturated/α-hetero) is 1. The van der Waals surface area contributed by atoms with Crippen LogP contribution in [0.15, 0.2) is 18.2 Å². The van der Waals surface area contributed by atoms with E-state index < -0.39 is 11.0 Å². The van der Waals surface area contributed by atoms with Crippen LogP contribution in [0.1, 0.15) is 18.9 Å². The van der Waals surface area contributed by atoms with Crippen LogP contribution in [-0.4, -0.2) is 21.9 Å². The van der Waals surface area contributed by atoms with Crippen molar-refractivity contribution < 1.29 is 14.8 Å². The van der Waals surface area contributed by atoms with Crippen LogP contribution in [0.3, 0.4) is 0 Å². The first-order valence-corrected chi connectivity index (χ1v) is 5.47. The van der Waals surface area contributed by atoms with Crippen LogP contribution in [0.4, 0.5) is 5.69 Å². The standard InChI is InChI=1S/C11H12ClNO4/c1-2-10(14)11(15)6-7-5-8(12)3-4-9(7)13(16)17/h3-5,11,15H,2,6H2,1H3.